The van der Waals surface area contributed by atoms with Crippen molar-refractivity contribution in [3.05, 3.63) is 114 Å². The van der Waals surface area contributed by atoms with Gasteiger partial charge in [-0.1, -0.05) is 79.4 Å². The van der Waals surface area contributed by atoms with Crippen LogP contribution in [0.5, 0.6) is 0 Å². The average Bonchev–Trinajstić information content (AvgIpc) is 3.42. The Balaban J connectivity index is 1.13. The van der Waals surface area contributed by atoms with E-state index in [1.54, 1.807) is 0 Å². The van der Waals surface area contributed by atoms with Crippen LogP contribution in [-0.4, -0.2) is 66.6 Å². The van der Waals surface area contributed by atoms with Crippen molar-refractivity contribution in [2.45, 2.75) is 56.5 Å². The summed E-state index contributed by atoms with van der Waals surface area (Å²) >= 11 is 0. The van der Waals surface area contributed by atoms with Gasteiger partial charge in [0.25, 0.3) is 0 Å². The van der Waals surface area contributed by atoms with Gasteiger partial charge >= 0.3 is 6.09 Å². The van der Waals surface area contributed by atoms with Crippen LogP contribution in [0.3, 0.4) is 0 Å². The number of ether oxygens (including phenoxy) is 3. The molecule has 3 aliphatic heterocycles. The molecule has 10 nitrogen and oxygen atoms in total. The lowest BCUT2D eigenvalue weighted by Gasteiger charge is -2.45. The summed E-state index contributed by atoms with van der Waals surface area (Å²) < 4.78 is 18.1. The van der Waals surface area contributed by atoms with E-state index < -0.39 is 17.9 Å². The van der Waals surface area contributed by atoms with Crippen molar-refractivity contribution in [1.29, 1.82) is 0 Å². The molecule has 3 fully saturated rings. The topological polar surface area (TPSA) is 113 Å². The van der Waals surface area contributed by atoms with Gasteiger partial charge in [-0.15, -0.1) is 0 Å². The molecule has 3 aromatic rings. The first-order valence-electron chi connectivity index (χ1n) is 15.9. The Morgan fingerprint density at radius 3 is 2.39 bits per heavy atom. The van der Waals surface area contributed by atoms with Gasteiger partial charge in [-0.3, -0.25) is 4.79 Å². The highest BCUT2D eigenvalue weighted by atomic mass is 16.7. The summed E-state index contributed by atoms with van der Waals surface area (Å²) in [5, 5.41) is 15.4. The Morgan fingerprint density at radius 1 is 1.00 bits per heavy atom. The molecule has 242 valence electrons. The maximum absolute atomic E-state index is 13.2. The number of hydrogen-bond acceptors (Lipinski definition) is 8. The number of anilines is 1. The molecule has 3 unspecified atom stereocenters. The number of aliphatic hydroxyl groups is 1. The summed E-state index contributed by atoms with van der Waals surface area (Å²) in [7, 11) is 0. The number of rotatable bonds is 10. The second kappa shape index (κ2) is 14.5. The average molecular weight is 627 g/mol. The number of carbonyl (C=O) groups is 2. The van der Waals surface area contributed by atoms with E-state index in [4.69, 9.17) is 14.2 Å². The molecule has 0 radical (unpaired) electrons. The first-order valence-corrected chi connectivity index (χ1v) is 15.9. The Morgan fingerprint density at radius 2 is 1.70 bits per heavy atom. The van der Waals surface area contributed by atoms with Gasteiger partial charge in [0.2, 0.25) is 5.91 Å². The van der Waals surface area contributed by atoms with Crippen LogP contribution in [0.4, 0.5) is 10.5 Å². The number of nitrogens with zero attached hydrogens (tertiary/aromatic N) is 2. The van der Waals surface area contributed by atoms with Crippen LogP contribution in [-0.2, 0) is 32.2 Å². The van der Waals surface area contributed by atoms with Crippen molar-refractivity contribution in [2.75, 3.05) is 37.8 Å². The van der Waals surface area contributed by atoms with Crippen LogP contribution in [0.25, 0.3) is 0 Å². The Kier molecular flexibility index (Phi) is 9.99. The van der Waals surface area contributed by atoms with Gasteiger partial charge in [0.15, 0.2) is 6.29 Å². The fraction of sp³-hybridized carbons (Fsp3) is 0.389. The zero-order chi connectivity index (χ0) is 31.9. The molecule has 3 aromatic carbocycles. The highest BCUT2D eigenvalue weighted by Gasteiger charge is 2.50. The number of para-hydroxylation sites is 1. The maximum Gasteiger partial charge on any atom is 0.407 e. The standard InChI is InChI=1S/C36H42N4O6/c1-2-20-44-35(43)37-22-26-8-14-29(15-9-26)33-45-31(21-32(46-33)28-12-10-27(24-41)11-13-28)23-39-18-16-36(17-19-39)34(42)38-25-40(36)30-6-4-3-5-7-30/h2-15,31-33,41H,1,16-25H2,(H,37,43)(H,38,42). The van der Waals surface area contributed by atoms with Gasteiger partial charge < -0.3 is 39.8 Å². The normalized spacial score (nSPS) is 22.8. The van der Waals surface area contributed by atoms with Crippen LogP contribution in [0.1, 0.15) is 53.9 Å². The van der Waals surface area contributed by atoms with Crippen LogP contribution in [0.2, 0.25) is 0 Å². The fourth-order valence-corrected chi connectivity index (χ4v) is 6.61. The number of nitrogens with one attached hydrogen (secondary N) is 2. The molecule has 3 N–H and O–H groups in total. The van der Waals surface area contributed by atoms with Crippen molar-refractivity contribution in [2.24, 2.45) is 0 Å². The number of amides is 2. The van der Waals surface area contributed by atoms with Gasteiger partial charge in [-0.2, -0.15) is 0 Å². The molecule has 0 aliphatic carbocycles. The second-order valence-corrected chi connectivity index (χ2v) is 12.1. The number of aliphatic hydroxyl groups excluding tert-OH is 1. The highest BCUT2D eigenvalue weighted by Crippen LogP contribution is 2.40. The molecule has 0 aromatic heterocycles. The maximum atomic E-state index is 13.2. The molecule has 3 aliphatic rings. The minimum absolute atomic E-state index is 0.0104. The predicted molar refractivity (Wildman–Crippen MR) is 174 cm³/mol. The van der Waals surface area contributed by atoms with Gasteiger partial charge in [-0.05, 0) is 41.7 Å². The third-order valence-corrected chi connectivity index (χ3v) is 9.19. The van der Waals surface area contributed by atoms with Crippen LogP contribution in [0, 0.1) is 0 Å². The van der Waals surface area contributed by atoms with E-state index >= 15 is 0 Å². The van der Waals surface area contributed by atoms with Crippen molar-refractivity contribution in [3.63, 3.8) is 0 Å². The lowest BCUT2D eigenvalue weighted by atomic mass is 9.85. The van der Waals surface area contributed by atoms with Crippen LogP contribution in [0.15, 0.2) is 91.5 Å². The third-order valence-electron chi connectivity index (χ3n) is 9.19. The zero-order valence-electron chi connectivity index (χ0n) is 26.0. The first kappa shape index (κ1) is 31.7. The van der Waals surface area contributed by atoms with E-state index in [0.717, 1.165) is 60.4 Å². The molecule has 0 saturated carbocycles. The fourth-order valence-electron chi connectivity index (χ4n) is 6.61. The van der Waals surface area contributed by atoms with E-state index in [-0.39, 0.29) is 31.3 Å². The zero-order valence-corrected chi connectivity index (χ0v) is 26.0. The number of likely N-dealkylation sites (tertiary alicyclic amines) is 1. The quantitative estimate of drug-likeness (QED) is 0.281. The number of piperidine rings is 1. The smallest absolute Gasteiger partial charge is 0.407 e. The van der Waals surface area contributed by atoms with E-state index in [1.165, 1.54) is 6.08 Å². The third kappa shape index (κ3) is 7.10. The van der Waals surface area contributed by atoms with Crippen LogP contribution < -0.4 is 15.5 Å². The summed E-state index contributed by atoms with van der Waals surface area (Å²) in [5.41, 5.74) is 4.23. The van der Waals surface area contributed by atoms with E-state index in [9.17, 15) is 14.7 Å². The second-order valence-electron chi connectivity index (χ2n) is 12.1. The Hall–Kier alpha value is -4.22. The molecular weight excluding hydrogens is 584 g/mol. The highest BCUT2D eigenvalue weighted by molar-refractivity contribution is 5.93. The molecule has 10 heteroatoms. The van der Waals surface area contributed by atoms with Gasteiger partial charge in [0, 0.05) is 43.9 Å². The number of carbonyl (C=O) groups excluding carboxylic acids is 2. The molecule has 3 heterocycles. The molecule has 46 heavy (non-hydrogen) atoms. The van der Waals surface area contributed by atoms with Gasteiger partial charge in [0.1, 0.15) is 12.1 Å². The van der Waals surface area contributed by atoms with Crippen molar-refractivity contribution >= 4 is 17.7 Å². The minimum atomic E-state index is -0.578. The van der Waals surface area contributed by atoms with Crippen LogP contribution >= 0.6 is 0 Å². The Labute approximate surface area is 269 Å². The largest absolute Gasteiger partial charge is 0.445 e. The van der Waals surface area contributed by atoms with E-state index in [1.807, 2.05) is 66.7 Å². The van der Waals surface area contributed by atoms with Gasteiger partial charge in [-0.25, -0.2) is 4.79 Å². The molecule has 3 atom stereocenters. The minimum Gasteiger partial charge on any atom is -0.445 e. The molecule has 6 rings (SSSR count). The molecule has 1 spiro atoms. The number of benzene rings is 3. The molecule has 0 bridgehead atoms. The summed E-state index contributed by atoms with van der Waals surface area (Å²) in [6.07, 6.45) is 2.32. The number of alkyl carbamates (subject to hydrolysis) is 1. The van der Waals surface area contributed by atoms with Crippen molar-refractivity contribution < 1.29 is 28.9 Å². The molecular formula is C36H42N4O6. The summed E-state index contributed by atoms with van der Waals surface area (Å²) in [6, 6.07) is 25.9. The van der Waals surface area contributed by atoms with Gasteiger partial charge in [0.05, 0.1) is 25.5 Å². The summed E-state index contributed by atoms with van der Waals surface area (Å²) in [6.45, 7) is 6.86. The van der Waals surface area contributed by atoms with E-state index in [2.05, 4.69) is 39.1 Å². The molecule has 3 saturated heterocycles. The lowest BCUT2D eigenvalue weighted by molar-refractivity contribution is -0.253. The first-order chi connectivity index (χ1) is 22.5. The Bertz CT molecular complexity index is 1470. The van der Waals surface area contributed by atoms with Crippen molar-refractivity contribution in [3.8, 4) is 0 Å². The number of hydrogen-bond donors (Lipinski definition) is 3. The predicted octanol–water partition coefficient (Wildman–Crippen LogP) is 4.57. The molecule has 2 amide bonds. The monoisotopic (exact) mass is 626 g/mol. The summed E-state index contributed by atoms with van der Waals surface area (Å²) in [4.78, 5) is 29.6. The summed E-state index contributed by atoms with van der Waals surface area (Å²) in [5.74, 6) is 0.108. The SMILES string of the molecule is C=CCOC(=O)NCc1ccc(C2OC(CN3CCC4(CC3)C(=O)NCN4c3ccccc3)CC(c3ccc(CO)cc3)O2)cc1. The van der Waals surface area contributed by atoms with Crippen molar-refractivity contribution in [1.82, 2.24) is 15.5 Å². The van der Waals surface area contributed by atoms with E-state index in [0.29, 0.717) is 19.6 Å². The lowest BCUT2D eigenvalue weighted by Crippen LogP contribution is -2.57.